The number of amides is 1. The van der Waals surface area contributed by atoms with E-state index in [1.807, 2.05) is 0 Å². The van der Waals surface area contributed by atoms with Crippen LogP contribution in [0, 0.1) is 6.92 Å². The number of fused-ring (bicyclic) bond motifs is 2. The summed E-state index contributed by atoms with van der Waals surface area (Å²) in [7, 11) is 1.59. The second kappa shape index (κ2) is 15.0. The first-order valence-electron chi connectivity index (χ1n) is 16.5. The van der Waals surface area contributed by atoms with Crippen molar-refractivity contribution in [2.45, 2.75) is 32.5 Å². The minimum Gasteiger partial charge on any atom is -0.504 e. The number of carbonyl (C=O) groups excluding carboxylic acids is 2. The van der Waals surface area contributed by atoms with Gasteiger partial charge in [-0.25, -0.2) is 14.5 Å². The Balaban J connectivity index is 0.000000336. The van der Waals surface area contributed by atoms with Gasteiger partial charge in [-0.05, 0) is 49.7 Å². The van der Waals surface area contributed by atoms with Crippen LogP contribution in [0.1, 0.15) is 34.4 Å². The first kappa shape index (κ1) is 38.7. The molecule has 2 aliphatic heterocycles. The lowest BCUT2D eigenvalue weighted by molar-refractivity contribution is -0.143. The molecule has 2 N–H and O–H groups in total. The number of ether oxygens (including phenoxy) is 2. The van der Waals surface area contributed by atoms with Crippen LogP contribution in [0.5, 0.6) is 17.2 Å². The molecule has 21 heteroatoms. The first-order chi connectivity index (χ1) is 26.1. The number of aldehydes is 1. The largest absolute Gasteiger partial charge is 0.504 e. The van der Waals surface area contributed by atoms with Gasteiger partial charge in [-0.3, -0.25) is 14.4 Å². The van der Waals surface area contributed by atoms with Crippen LogP contribution in [0.3, 0.4) is 0 Å². The molecule has 0 saturated carbocycles. The number of hydrogen-bond acceptors (Lipinski definition) is 12. The fraction of sp³-hybridized carbons (Fsp3) is 0.324. The number of aromatic hydroxyl groups is 1. The van der Waals surface area contributed by atoms with Crippen LogP contribution in [-0.2, 0) is 23.4 Å². The molecule has 1 saturated heterocycles. The van der Waals surface area contributed by atoms with Crippen LogP contribution < -0.4 is 25.2 Å². The topological polar surface area (TPSA) is 169 Å². The van der Waals surface area contributed by atoms with Crippen molar-refractivity contribution >= 4 is 40.9 Å². The zero-order valence-electron chi connectivity index (χ0n) is 29.2. The van der Waals surface area contributed by atoms with E-state index in [9.17, 15) is 32.7 Å². The maximum atomic E-state index is 15.2. The monoisotopic (exact) mass is 791 g/mol. The summed E-state index contributed by atoms with van der Waals surface area (Å²) < 4.78 is 78.7. The third-order valence-corrected chi connectivity index (χ3v) is 9.10. The Labute approximate surface area is 312 Å². The third-order valence-electron chi connectivity index (χ3n) is 8.79. The number of aryl methyl sites for hydroxylation is 1. The van der Waals surface area contributed by atoms with Gasteiger partial charge in [-0.1, -0.05) is 18.5 Å². The van der Waals surface area contributed by atoms with E-state index in [1.165, 1.54) is 24.2 Å². The van der Waals surface area contributed by atoms with Gasteiger partial charge < -0.3 is 29.7 Å². The number of halogens is 6. The Morgan fingerprint density at radius 3 is 2.38 bits per heavy atom. The normalized spacial score (nSPS) is 14.1. The van der Waals surface area contributed by atoms with Crippen LogP contribution in [0.25, 0.3) is 17.2 Å². The SMILES string of the molecule is CCc1c(N2CCN(C(=O)c3ncnc(C)c3O)CC2)c(=O)n2nc(-c3ccc4c(c3)OCO4)nc2n1C(F)(F)C=O.CNc1ccc(C(F)(F)F)cc1Cl. The van der Waals surface area contributed by atoms with E-state index >= 15 is 8.78 Å². The predicted molar refractivity (Wildman–Crippen MR) is 187 cm³/mol. The van der Waals surface area contributed by atoms with Gasteiger partial charge in [0.15, 0.2) is 28.8 Å². The average Bonchev–Trinajstić information content (AvgIpc) is 3.83. The molecular weight excluding hydrogens is 761 g/mol. The Bertz CT molecular complexity index is 2350. The van der Waals surface area contributed by atoms with Crippen molar-refractivity contribution in [2.75, 3.05) is 50.2 Å². The molecule has 5 heterocycles. The summed E-state index contributed by atoms with van der Waals surface area (Å²) in [6.07, 6.45) is -3.71. The van der Waals surface area contributed by atoms with Crippen molar-refractivity contribution in [3.05, 3.63) is 80.7 Å². The van der Waals surface area contributed by atoms with Gasteiger partial charge in [0.1, 0.15) is 12.0 Å². The zero-order valence-corrected chi connectivity index (χ0v) is 30.0. The number of piperazine rings is 1. The Kier molecular flexibility index (Phi) is 10.5. The molecule has 0 radical (unpaired) electrons. The lowest BCUT2D eigenvalue weighted by Gasteiger charge is -2.37. The summed E-state index contributed by atoms with van der Waals surface area (Å²) in [6.45, 7) is 3.55. The van der Waals surface area contributed by atoms with E-state index in [2.05, 4.69) is 25.4 Å². The Hall–Kier alpha value is -6.05. The first-order valence-corrected chi connectivity index (χ1v) is 16.9. The van der Waals surface area contributed by atoms with Gasteiger partial charge in [-0.15, -0.1) is 5.10 Å². The Morgan fingerprint density at radius 1 is 1.04 bits per heavy atom. The summed E-state index contributed by atoms with van der Waals surface area (Å²) in [4.78, 5) is 53.4. The molecule has 15 nitrogen and oxygen atoms in total. The smallest absolute Gasteiger partial charge is 0.416 e. The van der Waals surface area contributed by atoms with Crippen LogP contribution in [-0.4, -0.2) is 91.4 Å². The number of nitrogens with one attached hydrogen (secondary N) is 1. The summed E-state index contributed by atoms with van der Waals surface area (Å²) in [6, 6.07) is 3.91. The number of nitrogens with zero attached hydrogens (tertiary/aromatic N) is 8. The van der Waals surface area contributed by atoms with Crippen molar-refractivity contribution in [3.8, 4) is 28.6 Å². The molecule has 7 rings (SSSR count). The highest BCUT2D eigenvalue weighted by molar-refractivity contribution is 6.33. The van der Waals surface area contributed by atoms with E-state index in [4.69, 9.17) is 21.1 Å². The van der Waals surface area contributed by atoms with Crippen LogP contribution in [0.2, 0.25) is 5.02 Å². The zero-order chi connectivity index (χ0) is 39.8. The third kappa shape index (κ3) is 7.40. The van der Waals surface area contributed by atoms with E-state index in [0.717, 1.165) is 16.6 Å². The quantitative estimate of drug-likeness (QED) is 0.172. The molecule has 55 heavy (non-hydrogen) atoms. The average molecular weight is 792 g/mol. The van der Waals surface area contributed by atoms with Crippen molar-refractivity contribution in [2.24, 2.45) is 0 Å². The van der Waals surface area contributed by atoms with Gasteiger partial charge in [0, 0.05) is 38.8 Å². The fourth-order valence-electron chi connectivity index (χ4n) is 6.00. The van der Waals surface area contributed by atoms with Crippen LogP contribution in [0.15, 0.2) is 47.5 Å². The maximum Gasteiger partial charge on any atom is 0.416 e. The number of anilines is 2. The minimum atomic E-state index is -4.34. The highest BCUT2D eigenvalue weighted by Crippen LogP contribution is 2.36. The molecule has 0 spiro atoms. The summed E-state index contributed by atoms with van der Waals surface area (Å²) in [5.41, 5.74) is -0.678. The highest BCUT2D eigenvalue weighted by atomic mass is 35.5. The van der Waals surface area contributed by atoms with Crippen LogP contribution in [0.4, 0.5) is 33.3 Å². The van der Waals surface area contributed by atoms with Crippen molar-refractivity contribution in [3.63, 3.8) is 0 Å². The molecule has 3 aromatic heterocycles. The van der Waals surface area contributed by atoms with Gasteiger partial charge >= 0.3 is 12.2 Å². The van der Waals surface area contributed by atoms with Crippen molar-refractivity contribution in [1.29, 1.82) is 0 Å². The summed E-state index contributed by atoms with van der Waals surface area (Å²) in [5, 5.41) is 17.2. The van der Waals surface area contributed by atoms with Gasteiger partial charge in [0.05, 0.1) is 27.7 Å². The lowest BCUT2D eigenvalue weighted by atomic mass is 10.2. The number of hydrogen-bond donors (Lipinski definition) is 2. The molecule has 5 aromatic rings. The van der Waals surface area contributed by atoms with E-state index < -0.39 is 41.3 Å². The number of rotatable bonds is 7. The van der Waals surface area contributed by atoms with E-state index in [-0.39, 0.29) is 78.8 Å². The molecule has 290 valence electrons. The molecule has 2 aliphatic rings. The molecule has 2 aromatic carbocycles. The second-order valence-corrected chi connectivity index (χ2v) is 12.5. The standard InChI is InChI=1S/C26H24F2N8O6.C8H7ClF3N/c1-3-16-20(33-6-8-34(9-7-33)23(39)19-21(38)14(2)29-12-30-19)24(40)36-25(35(16)26(27,28)11-37)31-22(32-36)15-4-5-17-18(10-15)42-13-41-17;1-13-7-3-2-5(4-6(7)9)8(10,11)12/h4-5,10-12,38H,3,6-9,13H2,1-2H3;2-4,13H,1H3. The van der Waals surface area contributed by atoms with E-state index in [1.54, 1.807) is 37.1 Å². The molecule has 0 atom stereocenters. The second-order valence-electron chi connectivity index (χ2n) is 12.1. The number of alkyl halides is 5. The van der Waals surface area contributed by atoms with Gasteiger partial charge in [-0.2, -0.15) is 31.5 Å². The van der Waals surface area contributed by atoms with Crippen molar-refractivity contribution < 1.29 is 46.1 Å². The molecule has 1 fully saturated rings. The van der Waals surface area contributed by atoms with Crippen LogP contribution >= 0.6 is 11.6 Å². The van der Waals surface area contributed by atoms with E-state index in [0.29, 0.717) is 27.3 Å². The minimum absolute atomic E-state index is 0.0234. The molecule has 0 bridgehead atoms. The molecule has 1 amide bonds. The summed E-state index contributed by atoms with van der Waals surface area (Å²) >= 11 is 5.57. The number of aromatic nitrogens is 6. The maximum absolute atomic E-state index is 15.2. The lowest BCUT2D eigenvalue weighted by Crippen LogP contribution is -2.51. The number of carbonyl (C=O) groups is 2. The molecule has 0 unspecified atom stereocenters. The predicted octanol–water partition coefficient (Wildman–Crippen LogP) is 4.76. The van der Waals surface area contributed by atoms with Crippen molar-refractivity contribution in [1.82, 2.24) is 34.0 Å². The van der Waals surface area contributed by atoms with Gasteiger partial charge in [0.25, 0.3) is 11.5 Å². The van der Waals surface area contributed by atoms with Gasteiger partial charge in [0.2, 0.25) is 18.9 Å². The molecule has 0 aliphatic carbocycles. The number of benzene rings is 2. The summed E-state index contributed by atoms with van der Waals surface area (Å²) in [5.74, 6) is -0.491. The Morgan fingerprint density at radius 2 is 1.75 bits per heavy atom. The fourth-order valence-corrected chi connectivity index (χ4v) is 6.28. The molecular formula is C34H31ClF5N9O6. The highest BCUT2D eigenvalue weighted by Gasteiger charge is 2.39.